The zero-order valence-electron chi connectivity index (χ0n) is 16.2. The lowest BCUT2D eigenvalue weighted by atomic mass is 10.0. The summed E-state index contributed by atoms with van der Waals surface area (Å²) in [5, 5.41) is 0. The molecule has 27 heavy (non-hydrogen) atoms. The van der Waals surface area contributed by atoms with Gasteiger partial charge in [-0.25, -0.2) is 4.39 Å². The van der Waals surface area contributed by atoms with Gasteiger partial charge in [-0.2, -0.15) is 0 Å². The number of carbonyl (C=O) groups is 2. The molecular formula is C21H28FN3O2. The number of unbranched alkanes of at least 4 members (excludes halogenated alkanes) is 3. The molecule has 5 nitrogen and oxygen atoms in total. The first-order valence-corrected chi connectivity index (χ1v) is 9.82. The van der Waals surface area contributed by atoms with Crippen molar-refractivity contribution < 1.29 is 14.0 Å². The molecule has 2 amide bonds. The molecule has 1 saturated heterocycles. The summed E-state index contributed by atoms with van der Waals surface area (Å²) < 4.78 is 13.4. The smallest absolute Gasteiger partial charge is 0.277 e. The molecular weight excluding hydrogens is 345 g/mol. The predicted octanol–water partition coefficient (Wildman–Crippen LogP) is 2.73. The molecule has 0 atom stereocenters. The Morgan fingerprint density at radius 3 is 2.22 bits per heavy atom. The van der Waals surface area contributed by atoms with Gasteiger partial charge in [0.2, 0.25) is 0 Å². The van der Waals surface area contributed by atoms with Crippen molar-refractivity contribution in [3.63, 3.8) is 0 Å². The number of halogens is 1. The minimum absolute atomic E-state index is 0.208. The molecule has 1 fully saturated rings. The van der Waals surface area contributed by atoms with Crippen LogP contribution in [-0.2, 0) is 9.59 Å². The second-order valence-corrected chi connectivity index (χ2v) is 7.34. The molecule has 146 valence electrons. The van der Waals surface area contributed by atoms with Crippen LogP contribution >= 0.6 is 0 Å². The highest BCUT2D eigenvalue weighted by Crippen LogP contribution is 2.32. The van der Waals surface area contributed by atoms with Gasteiger partial charge < -0.3 is 9.80 Å². The van der Waals surface area contributed by atoms with Gasteiger partial charge in [-0.05, 0) is 31.2 Å². The van der Waals surface area contributed by atoms with Crippen LogP contribution < -0.4 is 0 Å². The molecule has 0 N–H and O–H groups in total. The predicted molar refractivity (Wildman–Crippen MR) is 103 cm³/mol. The molecule has 3 rings (SSSR count). The Hall–Kier alpha value is -2.21. The lowest BCUT2D eigenvalue weighted by molar-refractivity contribution is -0.137. The SMILES string of the molecule is CCCCCCN1C(=O)C(c2ccc(F)cc2)=C(N2CCN(C)CC2)C1=O. The molecule has 0 aliphatic carbocycles. The maximum absolute atomic E-state index is 13.4. The van der Waals surface area contributed by atoms with Gasteiger partial charge in [-0.15, -0.1) is 0 Å². The summed E-state index contributed by atoms with van der Waals surface area (Å²) in [6.07, 6.45) is 4.02. The van der Waals surface area contributed by atoms with E-state index < -0.39 is 0 Å². The third-order valence-corrected chi connectivity index (χ3v) is 5.33. The van der Waals surface area contributed by atoms with E-state index in [1.54, 1.807) is 12.1 Å². The largest absolute Gasteiger partial charge is 0.364 e. The maximum atomic E-state index is 13.4. The summed E-state index contributed by atoms with van der Waals surface area (Å²) in [5.41, 5.74) is 1.51. The van der Waals surface area contributed by atoms with E-state index in [1.165, 1.54) is 17.0 Å². The topological polar surface area (TPSA) is 43.9 Å². The van der Waals surface area contributed by atoms with E-state index in [9.17, 15) is 14.0 Å². The molecule has 0 unspecified atom stereocenters. The van der Waals surface area contributed by atoms with E-state index in [2.05, 4.69) is 11.8 Å². The third-order valence-electron chi connectivity index (χ3n) is 5.33. The van der Waals surface area contributed by atoms with Gasteiger partial charge in [0.1, 0.15) is 11.5 Å². The van der Waals surface area contributed by atoms with Crippen molar-refractivity contribution in [3.8, 4) is 0 Å². The molecule has 0 radical (unpaired) electrons. The van der Waals surface area contributed by atoms with Crippen molar-refractivity contribution in [3.05, 3.63) is 41.3 Å². The standard InChI is InChI=1S/C21H28FN3O2/c1-3-4-5-6-11-25-20(26)18(16-7-9-17(22)10-8-16)19(21(25)27)24-14-12-23(2)13-15-24/h7-10H,3-6,11-15H2,1-2H3. The molecule has 1 aromatic carbocycles. The molecule has 2 aliphatic heterocycles. The molecule has 0 spiro atoms. The van der Waals surface area contributed by atoms with Crippen LogP contribution in [0.25, 0.3) is 5.57 Å². The summed E-state index contributed by atoms with van der Waals surface area (Å²) in [7, 11) is 2.05. The van der Waals surface area contributed by atoms with Gasteiger partial charge >= 0.3 is 0 Å². The Bertz CT molecular complexity index is 721. The Morgan fingerprint density at radius 2 is 1.59 bits per heavy atom. The summed E-state index contributed by atoms with van der Waals surface area (Å²) >= 11 is 0. The first-order chi connectivity index (χ1) is 13.0. The molecule has 0 bridgehead atoms. The number of benzene rings is 1. The number of rotatable bonds is 7. The quantitative estimate of drug-likeness (QED) is 0.545. The van der Waals surface area contributed by atoms with E-state index in [0.717, 1.165) is 38.8 Å². The Kier molecular flexibility index (Phi) is 6.26. The minimum atomic E-state index is -0.353. The summed E-state index contributed by atoms with van der Waals surface area (Å²) in [6.45, 7) is 5.68. The van der Waals surface area contributed by atoms with Crippen LogP contribution in [0.4, 0.5) is 4.39 Å². The van der Waals surface area contributed by atoms with Gasteiger partial charge in [0, 0.05) is 32.7 Å². The number of nitrogens with zero attached hydrogens (tertiary/aromatic N) is 3. The molecule has 2 heterocycles. The number of imide groups is 1. The Morgan fingerprint density at radius 1 is 0.926 bits per heavy atom. The van der Waals surface area contributed by atoms with E-state index in [0.29, 0.717) is 36.5 Å². The fraction of sp³-hybridized carbons (Fsp3) is 0.524. The first kappa shape index (κ1) is 19.5. The van der Waals surface area contributed by atoms with Crippen LogP contribution in [0.1, 0.15) is 38.2 Å². The van der Waals surface area contributed by atoms with Crippen molar-refractivity contribution in [2.75, 3.05) is 39.8 Å². The molecule has 6 heteroatoms. The lowest BCUT2D eigenvalue weighted by Gasteiger charge is -2.34. The molecule has 2 aliphatic rings. The Balaban J connectivity index is 1.89. The highest BCUT2D eigenvalue weighted by atomic mass is 19.1. The zero-order chi connectivity index (χ0) is 19.4. The van der Waals surface area contributed by atoms with Crippen molar-refractivity contribution in [2.24, 2.45) is 0 Å². The van der Waals surface area contributed by atoms with Gasteiger partial charge in [0.25, 0.3) is 11.8 Å². The number of likely N-dealkylation sites (N-methyl/N-ethyl adjacent to an activating group) is 1. The molecule has 0 saturated carbocycles. The molecule has 1 aromatic rings. The summed E-state index contributed by atoms with van der Waals surface area (Å²) in [6, 6.07) is 5.86. The summed E-state index contributed by atoms with van der Waals surface area (Å²) in [4.78, 5) is 31.8. The molecule has 0 aromatic heterocycles. The third kappa shape index (κ3) is 4.21. The van der Waals surface area contributed by atoms with Crippen molar-refractivity contribution >= 4 is 17.4 Å². The van der Waals surface area contributed by atoms with E-state index in [-0.39, 0.29) is 17.6 Å². The van der Waals surface area contributed by atoms with Crippen LogP contribution in [0.15, 0.2) is 30.0 Å². The second-order valence-electron chi connectivity index (χ2n) is 7.34. The zero-order valence-corrected chi connectivity index (χ0v) is 16.2. The van der Waals surface area contributed by atoms with Crippen LogP contribution in [0.2, 0.25) is 0 Å². The number of hydrogen-bond acceptors (Lipinski definition) is 4. The van der Waals surface area contributed by atoms with E-state index in [1.807, 2.05) is 11.9 Å². The average Bonchev–Trinajstić information content (AvgIpc) is 2.91. The lowest BCUT2D eigenvalue weighted by Crippen LogP contribution is -2.46. The van der Waals surface area contributed by atoms with E-state index in [4.69, 9.17) is 0 Å². The van der Waals surface area contributed by atoms with Gasteiger partial charge in [0.15, 0.2) is 0 Å². The van der Waals surface area contributed by atoms with Crippen LogP contribution in [-0.4, -0.2) is 66.3 Å². The number of hydrogen-bond donors (Lipinski definition) is 0. The first-order valence-electron chi connectivity index (χ1n) is 9.82. The number of piperazine rings is 1. The Labute approximate surface area is 160 Å². The van der Waals surface area contributed by atoms with Gasteiger partial charge in [-0.3, -0.25) is 14.5 Å². The van der Waals surface area contributed by atoms with Crippen molar-refractivity contribution in [1.82, 2.24) is 14.7 Å². The summed E-state index contributed by atoms with van der Waals surface area (Å²) in [5.74, 6) is -0.814. The number of amides is 2. The monoisotopic (exact) mass is 373 g/mol. The van der Waals surface area contributed by atoms with Crippen LogP contribution in [0.3, 0.4) is 0 Å². The average molecular weight is 373 g/mol. The van der Waals surface area contributed by atoms with Gasteiger partial charge in [0.05, 0.1) is 5.57 Å². The normalized spacial score (nSPS) is 18.8. The fourth-order valence-electron chi connectivity index (χ4n) is 3.66. The van der Waals surface area contributed by atoms with Crippen molar-refractivity contribution in [2.45, 2.75) is 32.6 Å². The maximum Gasteiger partial charge on any atom is 0.277 e. The second kappa shape index (κ2) is 8.65. The number of carbonyl (C=O) groups excluding carboxylic acids is 2. The van der Waals surface area contributed by atoms with Gasteiger partial charge in [-0.1, -0.05) is 38.3 Å². The van der Waals surface area contributed by atoms with E-state index >= 15 is 0 Å². The minimum Gasteiger partial charge on any atom is -0.364 e. The highest BCUT2D eigenvalue weighted by molar-refractivity contribution is 6.35. The fourth-order valence-corrected chi connectivity index (χ4v) is 3.66. The van der Waals surface area contributed by atoms with Crippen LogP contribution in [0.5, 0.6) is 0 Å². The van der Waals surface area contributed by atoms with Crippen molar-refractivity contribution in [1.29, 1.82) is 0 Å². The van der Waals surface area contributed by atoms with Crippen LogP contribution in [0, 0.1) is 5.82 Å². The highest BCUT2D eigenvalue weighted by Gasteiger charge is 2.41.